The van der Waals surface area contributed by atoms with Crippen LogP contribution in [-0.4, -0.2) is 42.7 Å². The Morgan fingerprint density at radius 1 is 0.927 bits per heavy atom. The van der Waals surface area contributed by atoms with Gasteiger partial charge >= 0.3 is 11.9 Å². The lowest BCUT2D eigenvalue weighted by atomic mass is 9.90. The molecule has 2 aromatic carbocycles. The van der Waals surface area contributed by atoms with Crippen molar-refractivity contribution in [3.63, 3.8) is 0 Å². The Morgan fingerprint density at radius 2 is 1.66 bits per heavy atom. The molecule has 0 spiro atoms. The lowest BCUT2D eigenvalue weighted by Gasteiger charge is -2.26. The first-order valence-electron chi connectivity index (χ1n) is 13.5. The molecular weight excluding hydrogens is 576 g/mol. The van der Waals surface area contributed by atoms with Gasteiger partial charge in [0.1, 0.15) is 11.6 Å². The van der Waals surface area contributed by atoms with Gasteiger partial charge in [0.25, 0.3) is 11.8 Å². The van der Waals surface area contributed by atoms with Crippen LogP contribution in [0.5, 0.6) is 0 Å². The van der Waals surface area contributed by atoms with Crippen LogP contribution in [0.2, 0.25) is 5.02 Å². The molecule has 7 nitrogen and oxygen atoms in total. The molecule has 0 aliphatic heterocycles. The van der Waals surface area contributed by atoms with Gasteiger partial charge in [-0.25, -0.2) is 18.5 Å². The highest BCUT2D eigenvalue weighted by Crippen LogP contribution is 2.36. The second kappa shape index (κ2) is 15.7. The van der Waals surface area contributed by atoms with Gasteiger partial charge in [-0.15, -0.1) is 11.8 Å². The first-order chi connectivity index (χ1) is 19.7. The molecule has 2 amide bonds. The van der Waals surface area contributed by atoms with Gasteiger partial charge < -0.3 is 9.47 Å². The van der Waals surface area contributed by atoms with Gasteiger partial charge in [0.05, 0.1) is 29.7 Å². The number of carbonyl (C=O) groups is 4. The molecule has 0 aromatic heterocycles. The summed E-state index contributed by atoms with van der Waals surface area (Å²) in [5, 5.41) is -0.0380. The maximum atomic E-state index is 15.5. The summed E-state index contributed by atoms with van der Waals surface area (Å²) in [4.78, 5) is 53.5. The predicted molar refractivity (Wildman–Crippen MR) is 153 cm³/mol. The van der Waals surface area contributed by atoms with Crippen molar-refractivity contribution >= 4 is 52.8 Å². The highest BCUT2D eigenvalue weighted by atomic mass is 35.5. The summed E-state index contributed by atoms with van der Waals surface area (Å²) in [5.41, 5.74) is -0.488. The van der Waals surface area contributed by atoms with E-state index in [2.05, 4.69) is 0 Å². The number of esters is 2. The van der Waals surface area contributed by atoms with Crippen molar-refractivity contribution in [2.75, 3.05) is 23.9 Å². The average Bonchev–Trinajstić information content (AvgIpc) is 2.96. The van der Waals surface area contributed by atoms with Gasteiger partial charge in [0.15, 0.2) is 0 Å². The van der Waals surface area contributed by atoms with Crippen LogP contribution in [-0.2, 0) is 23.9 Å². The van der Waals surface area contributed by atoms with Crippen molar-refractivity contribution in [1.82, 2.24) is 0 Å². The molecule has 0 heterocycles. The smallest absolute Gasteiger partial charge is 0.334 e. The predicted octanol–water partition coefficient (Wildman–Crippen LogP) is 7.05. The van der Waals surface area contributed by atoms with Crippen LogP contribution in [0.1, 0.15) is 69.2 Å². The lowest BCUT2D eigenvalue weighted by Crippen LogP contribution is -2.40. The molecule has 2 aromatic rings. The molecular formula is C30H32ClF2NO6S. The standard InChI is InChI=1S/C30H32ClF2NO6S/c1-3-5-14-39-27(35)18-41-26-17-25(24(33)16-23(26)31)34(28(36)19-9-8-10-20(32)15-19)29(37)21-11-6-7-12-22(21)30(38)40-13-4-2/h8-10,15-17H,3-7,11-14,18H2,1-2H3. The van der Waals surface area contributed by atoms with Crippen molar-refractivity contribution in [1.29, 1.82) is 0 Å². The Balaban J connectivity index is 2.07. The maximum Gasteiger partial charge on any atom is 0.334 e. The third kappa shape index (κ3) is 8.63. The molecule has 0 bridgehead atoms. The van der Waals surface area contributed by atoms with Gasteiger partial charge in [0.2, 0.25) is 0 Å². The largest absolute Gasteiger partial charge is 0.465 e. The number of amides is 2. The number of imide groups is 1. The molecule has 0 atom stereocenters. The average molecular weight is 608 g/mol. The fourth-order valence-corrected chi connectivity index (χ4v) is 5.22. The third-order valence-corrected chi connectivity index (χ3v) is 7.69. The number of benzene rings is 2. The minimum absolute atomic E-state index is 0.0326. The molecule has 0 unspecified atom stereocenters. The zero-order chi connectivity index (χ0) is 29.9. The number of anilines is 1. The second-order valence-corrected chi connectivity index (χ2v) is 10.8. The number of unbranched alkanes of at least 4 members (excludes halogenated alkanes) is 1. The Kier molecular flexibility index (Phi) is 12.3. The molecule has 1 aliphatic carbocycles. The van der Waals surface area contributed by atoms with E-state index >= 15 is 4.39 Å². The van der Waals surface area contributed by atoms with Crippen molar-refractivity contribution in [2.24, 2.45) is 0 Å². The summed E-state index contributed by atoms with van der Waals surface area (Å²) in [5.74, 6) is -4.94. The van der Waals surface area contributed by atoms with E-state index in [-0.39, 0.29) is 58.4 Å². The van der Waals surface area contributed by atoms with Gasteiger partial charge in [-0.3, -0.25) is 14.4 Å². The first kappa shape index (κ1) is 32.3. The van der Waals surface area contributed by atoms with Crippen molar-refractivity contribution in [3.8, 4) is 0 Å². The molecule has 3 rings (SSSR count). The summed E-state index contributed by atoms with van der Waals surface area (Å²) >= 11 is 7.21. The number of hydrogen-bond donors (Lipinski definition) is 0. The minimum atomic E-state index is -0.995. The Bertz CT molecular complexity index is 1330. The summed E-state index contributed by atoms with van der Waals surface area (Å²) < 4.78 is 39.9. The number of carbonyl (C=O) groups excluding carboxylic acids is 4. The zero-order valence-corrected chi connectivity index (χ0v) is 24.5. The van der Waals surface area contributed by atoms with E-state index < -0.39 is 41.1 Å². The van der Waals surface area contributed by atoms with Crippen LogP contribution >= 0.6 is 23.4 Å². The normalized spacial score (nSPS) is 13.1. The van der Waals surface area contributed by atoms with Gasteiger partial charge in [0, 0.05) is 21.6 Å². The fourth-order valence-electron chi connectivity index (χ4n) is 4.15. The molecule has 0 N–H and O–H groups in total. The molecule has 11 heteroatoms. The zero-order valence-electron chi connectivity index (χ0n) is 23.0. The molecule has 1 aliphatic rings. The van der Waals surface area contributed by atoms with Gasteiger partial charge in [-0.2, -0.15) is 0 Å². The number of hydrogen-bond acceptors (Lipinski definition) is 7. The van der Waals surface area contributed by atoms with E-state index in [4.69, 9.17) is 21.1 Å². The third-order valence-electron chi connectivity index (χ3n) is 6.24. The van der Waals surface area contributed by atoms with E-state index in [0.717, 1.165) is 36.4 Å². The lowest BCUT2D eigenvalue weighted by molar-refractivity contribution is -0.141. The first-order valence-corrected chi connectivity index (χ1v) is 14.8. The quantitative estimate of drug-likeness (QED) is 0.110. The minimum Gasteiger partial charge on any atom is -0.465 e. The molecule has 41 heavy (non-hydrogen) atoms. The number of ether oxygens (including phenoxy) is 2. The molecule has 0 saturated heterocycles. The Labute approximate surface area is 247 Å². The van der Waals surface area contributed by atoms with Crippen LogP contribution in [0.15, 0.2) is 52.4 Å². The number of thioether (sulfide) groups is 1. The maximum absolute atomic E-state index is 15.5. The number of rotatable bonds is 12. The van der Waals surface area contributed by atoms with E-state index in [0.29, 0.717) is 30.6 Å². The molecule has 0 saturated carbocycles. The van der Waals surface area contributed by atoms with Crippen molar-refractivity contribution < 1.29 is 37.4 Å². The molecule has 0 radical (unpaired) electrons. The van der Waals surface area contributed by atoms with Crippen LogP contribution in [0.4, 0.5) is 14.5 Å². The van der Waals surface area contributed by atoms with Crippen molar-refractivity contribution in [3.05, 3.63) is 69.8 Å². The summed E-state index contributed by atoms with van der Waals surface area (Å²) in [6.45, 7) is 4.21. The molecule has 220 valence electrons. The van der Waals surface area contributed by atoms with E-state index in [1.54, 1.807) is 0 Å². The fraction of sp³-hybridized carbons (Fsp3) is 0.400. The highest BCUT2D eigenvalue weighted by molar-refractivity contribution is 8.00. The monoisotopic (exact) mass is 607 g/mol. The van der Waals surface area contributed by atoms with E-state index in [1.807, 2.05) is 13.8 Å². The Morgan fingerprint density at radius 3 is 2.34 bits per heavy atom. The van der Waals surface area contributed by atoms with Gasteiger partial charge in [-0.1, -0.05) is 37.9 Å². The number of halogens is 3. The van der Waals surface area contributed by atoms with E-state index in [1.165, 1.54) is 18.2 Å². The van der Waals surface area contributed by atoms with E-state index in [9.17, 15) is 23.6 Å². The Hall–Kier alpha value is -3.24. The summed E-state index contributed by atoms with van der Waals surface area (Å²) in [7, 11) is 0. The van der Waals surface area contributed by atoms with Crippen molar-refractivity contribution in [2.45, 2.75) is 63.7 Å². The van der Waals surface area contributed by atoms with Crippen LogP contribution in [0.25, 0.3) is 0 Å². The van der Waals surface area contributed by atoms with Gasteiger partial charge in [-0.05, 0) is 68.9 Å². The summed E-state index contributed by atoms with van der Waals surface area (Å²) in [6, 6.07) is 6.78. The molecule has 0 fully saturated rings. The SMILES string of the molecule is CCCCOC(=O)CSc1cc(N(C(=O)C2=C(C(=O)OCCC)CCCC2)C(=O)c2cccc(F)c2)c(F)cc1Cl. The highest BCUT2D eigenvalue weighted by Gasteiger charge is 2.34. The second-order valence-electron chi connectivity index (χ2n) is 9.35. The topological polar surface area (TPSA) is 90.0 Å². The van der Waals surface area contributed by atoms with Crippen LogP contribution < -0.4 is 4.90 Å². The number of nitrogens with zero attached hydrogens (tertiary/aromatic N) is 1. The van der Waals surface area contributed by atoms with Crippen LogP contribution in [0, 0.1) is 11.6 Å². The summed E-state index contributed by atoms with van der Waals surface area (Å²) in [6.07, 6.45) is 3.77. The van der Waals surface area contributed by atoms with Crippen LogP contribution in [0.3, 0.4) is 0 Å².